The van der Waals surface area contributed by atoms with Crippen molar-refractivity contribution in [2.75, 3.05) is 18.8 Å². The van der Waals surface area contributed by atoms with Gasteiger partial charge in [-0.15, -0.1) is 0 Å². The van der Waals surface area contributed by atoms with Crippen LogP contribution in [0.5, 0.6) is 0 Å². The molecule has 0 unspecified atom stereocenters. The first-order valence-corrected chi connectivity index (χ1v) is 13.8. The summed E-state index contributed by atoms with van der Waals surface area (Å²) in [6.07, 6.45) is 5.84. The SMILES string of the molecule is Cc1nn(-c2ccccc2)c(C)c1-c1ccc(C(=O)N2CC[C@@H](NC(=O)c3cc(-c4cnn(C)c4)cnc3N)C2)cc1. The summed E-state index contributed by atoms with van der Waals surface area (Å²) in [5, 5.41) is 12.0. The minimum Gasteiger partial charge on any atom is -0.383 e. The van der Waals surface area contributed by atoms with E-state index in [2.05, 4.69) is 22.3 Å². The number of carbonyl (C=O) groups is 2. The minimum atomic E-state index is -0.309. The van der Waals surface area contributed by atoms with E-state index in [1.807, 2.05) is 79.4 Å². The van der Waals surface area contributed by atoms with Crippen LogP contribution in [0, 0.1) is 13.8 Å². The minimum absolute atomic E-state index is 0.0634. The monoisotopic (exact) mass is 560 g/mol. The summed E-state index contributed by atoms with van der Waals surface area (Å²) in [6.45, 7) is 5.03. The molecule has 1 atom stereocenters. The summed E-state index contributed by atoms with van der Waals surface area (Å²) in [5.74, 6) is -0.214. The molecule has 212 valence electrons. The number of anilines is 1. The summed E-state index contributed by atoms with van der Waals surface area (Å²) in [5.41, 5.74) is 13.6. The van der Waals surface area contributed by atoms with E-state index in [4.69, 9.17) is 10.8 Å². The van der Waals surface area contributed by atoms with Crippen LogP contribution in [-0.4, -0.2) is 60.4 Å². The van der Waals surface area contributed by atoms with E-state index in [0.29, 0.717) is 30.6 Å². The van der Waals surface area contributed by atoms with Gasteiger partial charge in [0.25, 0.3) is 11.8 Å². The Labute approximate surface area is 243 Å². The molecule has 5 aromatic rings. The first kappa shape index (κ1) is 26.9. The molecule has 0 aliphatic carbocycles. The normalized spacial score (nSPS) is 14.7. The van der Waals surface area contributed by atoms with Crippen molar-refractivity contribution in [3.05, 3.63) is 102 Å². The highest BCUT2D eigenvalue weighted by molar-refractivity contribution is 6.00. The van der Waals surface area contributed by atoms with E-state index in [9.17, 15) is 9.59 Å². The van der Waals surface area contributed by atoms with Crippen molar-refractivity contribution < 1.29 is 9.59 Å². The summed E-state index contributed by atoms with van der Waals surface area (Å²) in [6, 6.07) is 19.2. The van der Waals surface area contributed by atoms with Gasteiger partial charge in [0.15, 0.2) is 0 Å². The third-order valence-corrected chi connectivity index (χ3v) is 7.72. The molecule has 2 amide bonds. The van der Waals surface area contributed by atoms with Crippen molar-refractivity contribution in [1.29, 1.82) is 0 Å². The topological polar surface area (TPSA) is 124 Å². The fraction of sp³-hybridized carbons (Fsp3) is 0.219. The summed E-state index contributed by atoms with van der Waals surface area (Å²) in [7, 11) is 1.83. The number of amides is 2. The van der Waals surface area contributed by atoms with Crippen molar-refractivity contribution in [3.63, 3.8) is 0 Å². The molecule has 10 heteroatoms. The van der Waals surface area contributed by atoms with Gasteiger partial charge in [0.05, 0.1) is 23.1 Å². The lowest BCUT2D eigenvalue weighted by atomic mass is 10.0. The lowest BCUT2D eigenvalue weighted by Crippen LogP contribution is -2.38. The Morgan fingerprint density at radius 1 is 0.976 bits per heavy atom. The smallest absolute Gasteiger partial charge is 0.255 e. The highest BCUT2D eigenvalue weighted by Gasteiger charge is 2.29. The van der Waals surface area contributed by atoms with Crippen LogP contribution in [0.15, 0.2) is 79.3 Å². The number of nitrogens with one attached hydrogen (secondary N) is 1. The molecule has 1 fully saturated rings. The van der Waals surface area contributed by atoms with Crippen molar-refractivity contribution in [2.45, 2.75) is 26.3 Å². The molecule has 1 saturated heterocycles. The molecule has 0 spiro atoms. The molecular formula is C32H32N8O2. The Morgan fingerprint density at radius 2 is 1.74 bits per heavy atom. The largest absolute Gasteiger partial charge is 0.383 e. The molecule has 0 radical (unpaired) electrons. The Hall–Kier alpha value is -5.25. The number of nitrogens with zero attached hydrogens (tertiary/aromatic N) is 6. The highest BCUT2D eigenvalue weighted by Crippen LogP contribution is 2.29. The molecule has 0 bridgehead atoms. The van der Waals surface area contributed by atoms with Gasteiger partial charge in [0, 0.05) is 66.5 Å². The number of hydrogen-bond donors (Lipinski definition) is 2. The predicted octanol–water partition coefficient (Wildman–Crippen LogP) is 4.18. The van der Waals surface area contributed by atoms with E-state index in [-0.39, 0.29) is 23.7 Å². The molecule has 1 aliphatic rings. The standard InChI is InChI=1S/C32H32N8O2/c1-20-29(21(2)40(37-20)27-7-5-4-6-8-27)22-9-11-23(12-10-22)32(42)39-14-13-26(19-39)36-31(41)28-15-24(16-34-30(28)33)25-17-35-38(3)18-25/h4-12,15-18,26H,13-14,19H2,1-3H3,(H2,33,34)(H,36,41)/t26-/m1/s1. The number of nitrogens with two attached hydrogens (primary N) is 1. The number of para-hydroxylation sites is 1. The summed E-state index contributed by atoms with van der Waals surface area (Å²) < 4.78 is 3.63. The number of hydrogen-bond acceptors (Lipinski definition) is 6. The molecule has 3 aromatic heterocycles. The van der Waals surface area contributed by atoms with Crippen LogP contribution in [0.25, 0.3) is 27.9 Å². The van der Waals surface area contributed by atoms with Gasteiger partial charge in [0.1, 0.15) is 5.82 Å². The Morgan fingerprint density at radius 3 is 2.45 bits per heavy atom. The van der Waals surface area contributed by atoms with Gasteiger partial charge in [-0.25, -0.2) is 9.67 Å². The van der Waals surface area contributed by atoms with Crippen molar-refractivity contribution >= 4 is 17.6 Å². The van der Waals surface area contributed by atoms with Gasteiger partial charge < -0.3 is 16.0 Å². The zero-order chi connectivity index (χ0) is 29.4. The highest BCUT2D eigenvalue weighted by atomic mass is 16.2. The maximum Gasteiger partial charge on any atom is 0.255 e. The number of carbonyl (C=O) groups excluding carboxylic acids is 2. The molecule has 6 rings (SSSR count). The van der Waals surface area contributed by atoms with Crippen LogP contribution in [-0.2, 0) is 7.05 Å². The first-order chi connectivity index (χ1) is 20.3. The quantitative estimate of drug-likeness (QED) is 0.321. The molecule has 10 nitrogen and oxygen atoms in total. The van der Waals surface area contributed by atoms with Crippen LogP contribution in [0.3, 0.4) is 0 Å². The molecule has 1 aliphatic heterocycles. The molecule has 4 heterocycles. The van der Waals surface area contributed by atoms with E-state index in [1.54, 1.807) is 28.0 Å². The van der Waals surface area contributed by atoms with Gasteiger partial charge in [0.2, 0.25) is 0 Å². The zero-order valence-electron chi connectivity index (χ0n) is 23.8. The van der Waals surface area contributed by atoms with Crippen molar-refractivity contribution in [1.82, 2.24) is 34.8 Å². The number of benzene rings is 2. The first-order valence-electron chi connectivity index (χ1n) is 13.8. The second-order valence-corrected chi connectivity index (χ2v) is 10.6. The zero-order valence-corrected chi connectivity index (χ0v) is 23.8. The average Bonchev–Trinajstić information content (AvgIpc) is 3.72. The van der Waals surface area contributed by atoms with E-state index in [1.165, 1.54) is 0 Å². The van der Waals surface area contributed by atoms with Crippen molar-refractivity contribution in [3.8, 4) is 27.9 Å². The second-order valence-electron chi connectivity index (χ2n) is 10.6. The maximum atomic E-state index is 13.3. The average molecular weight is 561 g/mol. The number of aromatic nitrogens is 5. The van der Waals surface area contributed by atoms with Crippen LogP contribution in [0.4, 0.5) is 5.82 Å². The Kier molecular flexibility index (Phi) is 7.03. The predicted molar refractivity (Wildman–Crippen MR) is 161 cm³/mol. The Balaban J connectivity index is 1.12. The third-order valence-electron chi connectivity index (χ3n) is 7.72. The summed E-state index contributed by atoms with van der Waals surface area (Å²) >= 11 is 0. The van der Waals surface area contributed by atoms with E-state index < -0.39 is 0 Å². The van der Waals surface area contributed by atoms with Crippen LogP contribution < -0.4 is 11.1 Å². The van der Waals surface area contributed by atoms with Crippen LogP contribution in [0.1, 0.15) is 38.5 Å². The second kappa shape index (κ2) is 11.0. The van der Waals surface area contributed by atoms with Gasteiger partial charge in [-0.05, 0) is 56.2 Å². The van der Waals surface area contributed by atoms with Crippen LogP contribution in [0.2, 0.25) is 0 Å². The number of pyridine rings is 1. The fourth-order valence-corrected chi connectivity index (χ4v) is 5.55. The Bertz CT molecular complexity index is 1770. The van der Waals surface area contributed by atoms with Crippen LogP contribution >= 0.6 is 0 Å². The maximum absolute atomic E-state index is 13.3. The number of aryl methyl sites for hydroxylation is 2. The summed E-state index contributed by atoms with van der Waals surface area (Å²) in [4.78, 5) is 32.4. The molecule has 0 saturated carbocycles. The molecule has 2 aromatic carbocycles. The fourth-order valence-electron chi connectivity index (χ4n) is 5.55. The third kappa shape index (κ3) is 5.14. The molecule has 42 heavy (non-hydrogen) atoms. The van der Waals surface area contributed by atoms with Gasteiger partial charge in [-0.2, -0.15) is 10.2 Å². The lowest BCUT2D eigenvalue weighted by molar-refractivity contribution is 0.0783. The molecule has 3 N–H and O–H groups in total. The van der Waals surface area contributed by atoms with Gasteiger partial charge in [-0.1, -0.05) is 30.3 Å². The van der Waals surface area contributed by atoms with Gasteiger partial charge >= 0.3 is 0 Å². The molecular weight excluding hydrogens is 528 g/mol. The lowest BCUT2D eigenvalue weighted by Gasteiger charge is -2.18. The van der Waals surface area contributed by atoms with Crippen molar-refractivity contribution in [2.24, 2.45) is 7.05 Å². The number of nitrogen functional groups attached to an aromatic ring is 1. The van der Waals surface area contributed by atoms with Gasteiger partial charge in [-0.3, -0.25) is 14.3 Å². The number of likely N-dealkylation sites (tertiary alicyclic amines) is 1. The number of rotatable bonds is 6. The van der Waals surface area contributed by atoms with E-state index in [0.717, 1.165) is 39.3 Å². The van der Waals surface area contributed by atoms with E-state index >= 15 is 0 Å².